The molecule has 1 saturated carbocycles. The second kappa shape index (κ2) is 4.78. The highest BCUT2D eigenvalue weighted by Gasteiger charge is 2.33. The Labute approximate surface area is 86.5 Å². The Morgan fingerprint density at radius 2 is 1.86 bits per heavy atom. The molecule has 3 heteroatoms. The van der Waals surface area contributed by atoms with Gasteiger partial charge in [-0.2, -0.15) is 5.10 Å². The Morgan fingerprint density at radius 1 is 1.21 bits per heavy atom. The molecule has 1 fully saturated rings. The summed E-state index contributed by atoms with van der Waals surface area (Å²) in [4.78, 5) is 0. The Balaban J connectivity index is 0.000000980. The lowest BCUT2D eigenvalue weighted by atomic mass is 9.80. The van der Waals surface area contributed by atoms with Crippen molar-refractivity contribution in [3.05, 3.63) is 0 Å². The molecular formula is C11H22N2O. The van der Waals surface area contributed by atoms with Crippen LogP contribution in [0.25, 0.3) is 0 Å². The average molecular weight is 198 g/mol. The highest BCUT2D eigenvalue weighted by Crippen LogP contribution is 2.33. The van der Waals surface area contributed by atoms with E-state index in [1.54, 1.807) is 0 Å². The second-order valence-electron chi connectivity index (χ2n) is 4.59. The molecule has 0 radical (unpaired) electrons. The van der Waals surface area contributed by atoms with Crippen molar-refractivity contribution in [2.24, 2.45) is 16.9 Å². The fourth-order valence-corrected chi connectivity index (χ4v) is 2.93. The summed E-state index contributed by atoms with van der Waals surface area (Å²) in [5, 5.41) is 6.56. The molecule has 1 heterocycles. The average Bonchev–Trinajstić information content (AvgIpc) is 2.48. The van der Waals surface area contributed by atoms with Gasteiger partial charge in [0.15, 0.2) is 0 Å². The van der Waals surface area contributed by atoms with Gasteiger partial charge in [0.1, 0.15) is 0 Å². The van der Waals surface area contributed by atoms with Gasteiger partial charge in [-0.1, -0.05) is 26.2 Å². The normalized spacial score (nSPS) is 33.1. The predicted molar refractivity (Wildman–Crippen MR) is 59.4 cm³/mol. The third kappa shape index (κ3) is 2.08. The second-order valence-corrected chi connectivity index (χ2v) is 4.59. The van der Waals surface area contributed by atoms with E-state index in [1.807, 2.05) is 0 Å². The Hall–Kier alpha value is -0.570. The van der Waals surface area contributed by atoms with Gasteiger partial charge in [-0.3, -0.25) is 5.01 Å². The predicted octanol–water partition coefficient (Wildman–Crippen LogP) is 1.68. The quantitative estimate of drug-likeness (QED) is 0.632. The molecule has 0 amide bonds. The van der Waals surface area contributed by atoms with Gasteiger partial charge >= 0.3 is 0 Å². The summed E-state index contributed by atoms with van der Waals surface area (Å²) in [6, 6.07) is 0.695. The minimum absolute atomic E-state index is 0. The van der Waals surface area contributed by atoms with Crippen molar-refractivity contribution in [3.63, 3.8) is 0 Å². The molecule has 2 rings (SSSR count). The summed E-state index contributed by atoms with van der Waals surface area (Å²) in [6.45, 7) is 2.30. The summed E-state index contributed by atoms with van der Waals surface area (Å²) in [5.74, 6) is 1.56. The molecule has 82 valence electrons. The third-order valence-corrected chi connectivity index (χ3v) is 3.59. The molecule has 0 bridgehead atoms. The smallest absolute Gasteiger partial charge is 0.0570 e. The number of rotatable bonds is 1. The minimum atomic E-state index is 0. The Kier molecular flexibility index (Phi) is 3.93. The highest BCUT2D eigenvalue weighted by atomic mass is 16.0. The third-order valence-electron chi connectivity index (χ3n) is 3.59. The molecule has 0 spiro atoms. The van der Waals surface area contributed by atoms with Gasteiger partial charge in [-0.25, -0.2) is 0 Å². The van der Waals surface area contributed by atoms with Crippen LogP contribution in [0.1, 0.15) is 39.0 Å². The fraction of sp³-hybridized carbons (Fsp3) is 0.909. The van der Waals surface area contributed by atoms with Crippen molar-refractivity contribution in [1.29, 1.82) is 0 Å². The van der Waals surface area contributed by atoms with Gasteiger partial charge in [0.05, 0.1) is 6.04 Å². The zero-order valence-corrected chi connectivity index (χ0v) is 9.24. The minimum Gasteiger partial charge on any atom is -0.412 e. The summed E-state index contributed by atoms with van der Waals surface area (Å²) >= 11 is 0. The van der Waals surface area contributed by atoms with E-state index in [1.165, 1.54) is 32.1 Å². The molecule has 1 aliphatic heterocycles. The van der Waals surface area contributed by atoms with Gasteiger partial charge in [0.2, 0.25) is 0 Å². The van der Waals surface area contributed by atoms with Gasteiger partial charge in [-0.15, -0.1) is 0 Å². The van der Waals surface area contributed by atoms with Crippen LogP contribution in [0.15, 0.2) is 5.10 Å². The first-order valence-electron chi connectivity index (χ1n) is 5.56. The van der Waals surface area contributed by atoms with Crippen LogP contribution in [0.2, 0.25) is 0 Å². The summed E-state index contributed by atoms with van der Waals surface area (Å²) in [6.07, 6.45) is 9.26. The Morgan fingerprint density at radius 3 is 2.36 bits per heavy atom. The van der Waals surface area contributed by atoms with Crippen LogP contribution in [0.4, 0.5) is 0 Å². The van der Waals surface area contributed by atoms with Crippen molar-refractivity contribution in [3.8, 4) is 0 Å². The fourth-order valence-electron chi connectivity index (χ4n) is 2.93. The van der Waals surface area contributed by atoms with E-state index in [0.717, 1.165) is 5.92 Å². The van der Waals surface area contributed by atoms with Gasteiger partial charge in [0, 0.05) is 19.2 Å². The molecule has 0 aromatic carbocycles. The first-order chi connectivity index (χ1) is 6.29. The molecular weight excluding hydrogens is 176 g/mol. The lowest BCUT2D eigenvalue weighted by Crippen LogP contribution is -2.36. The number of hydrogen-bond donors (Lipinski definition) is 0. The maximum absolute atomic E-state index is 4.38. The molecule has 3 nitrogen and oxygen atoms in total. The van der Waals surface area contributed by atoms with E-state index in [2.05, 4.69) is 30.3 Å². The van der Waals surface area contributed by atoms with Crippen LogP contribution in [0.5, 0.6) is 0 Å². The monoisotopic (exact) mass is 198 g/mol. The zero-order valence-electron chi connectivity index (χ0n) is 9.24. The molecule has 2 atom stereocenters. The van der Waals surface area contributed by atoms with Crippen LogP contribution >= 0.6 is 0 Å². The highest BCUT2D eigenvalue weighted by molar-refractivity contribution is 5.63. The lowest BCUT2D eigenvalue weighted by Gasteiger charge is -2.33. The standard InChI is InChI=1S/C11H20N2.H2O/c1-9-8-12-13(2)11(9)10-6-4-3-5-7-10;/h8-11H,3-7H2,1-2H3;1H2. The van der Waals surface area contributed by atoms with Crippen molar-refractivity contribution >= 4 is 6.21 Å². The summed E-state index contributed by atoms with van der Waals surface area (Å²) in [5.41, 5.74) is 0. The van der Waals surface area contributed by atoms with Gasteiger partial charge in [0.25, 0.3) is 0 Å². The van der Waals surface area contributed by atoms with E-state index in [4.69, 9.17) is 0 Å². The van der Waals surface area contributed by atoms with Crippen LogP contribution in [0.3, 0.4) is 0 Å². The summed E-state index contributed by atoms with van der Waals surface area (Å²) in [7, 11) is 2.12. The van der Waals surface area contributed by atoms with Crippen LogP contribution in [-0.2, 0) is 0 Å². The molecule has 1 aliphatic carbocycles. The maximum atomic E-state index is 4.38. The van der Waals surface area contributed by atoms with E-state index in [9.17, 15) is 0 Å². The van der Waals surface area contributed by atoms with Crippen molar-refractivity contribution in [1.82, 2.24) is 5.01 Å². The van der Waals surface area contributed by atoms with Gasteiger partial charge < -0.3 is 5.48 Å². The topological polar surface area (TPSA) is 47.1 Å². The van der Waals surface area contributed by atoms with Crippen LogP contribution in [-0.4, -0.2) is 29.8 Å². The molecule has 2 aliphatic rings. The Bertz CT molecular complexity index is 187. The van der Waals surface area contributed by atoms with E-state index >= 15 is 0 Å². The maximum Gasteiger partial charge on any atom is 0.0570 e. The first-order valence-corrected chi connectivity index (χ1v) is 5.56. The van der Waals surface area contributed by atoms with Crippen molar-refractivity contribution in [2.45, 2.75) is 45.1 Å². The lowest BCUT2D eigenvalue weighted by molar-refractivity contribution is 0.145. The van der Waals surface area contributed by atoms with Crippen molar-refractivity contribution < 1.29 is 5.48 Å². The summed E-state index contributed by atoms with van der Waals surface area (Å²) < 4.78 is 0. The van der Waals surface area contributed by atoms with Gasteiger partial charge in [-0.05, 0) is 18.8 Å². The van der Waals surface area contributed by atoms with E-state index in [0.29, 0.717) is 12.0 Å². The SMILES string of the molecule is CC1C=NN(C)C1C1CCCCC1.O. The van der Waals surface area contributed by atoms with E-state index in [-0.39, 0.29) is 5.48 Å². The molecule has 2 unspecified atom stereocenters. The molecule has 0 aromatic heterocycles. The van der Waals surface area contributed by atoms with Crippen LogP contribution in [0, 0.1) is 11.8 Å². The molecule has 0 aromatic rings. The number of hydrazone groups is 1. The first kappa shape index (κ1) is 11.5. The van der Waals surface area contributed by atoms with Crippen LogP contribution < -0.4 is 0 Å². The largest absolute Gasteiger partial charge is 0.412 e. The molecule has 14 heavy (non-hydrogen) atoms. The van der Waals surface area contributed by atoms with E-state index < -0.39 is 0 Å². The number of hydrogen-bond acceptors (Lipinski definition) is 2. The molecule has 2 N–H and O–H groups in total. The zero-order chi connectivity index (χ0) is 9.26. The molecule has 0 saturated heterocycles. The number of nitrogens with zero attached hydrogens (tertiary/aromatic N) is 2. The van der Waals surface area contributed by atoms with Crippen molar-refractivity contribution in [2.75, 3.05) is 7.05 Å².